The normalized spacial score (nSPS) is 21.7. The van der Waals surface area contributed by atoms with Crippen LogP contribution in [0, 0.1) is 23.7 Å². The maximum absolute atomic E-state index is 13.3. The number of nitrogens with zero attached hydrogens (tertiary/aromatic N) is 3. The van der Waals surface area contributed by atoms with Gasteiger partial charge in [-0.2, -0.15) is 0 Å². The molecule has 1 fully saturated rings. The maximum Gasteiger partial charge on any atom is 0.259 e. The van der Waals surface area contributed by atoms with Crippen molar-refractivity contribution in [3.63, 3.8) is 0 Å². The predicted molar refractivity (Wildman–Crippen MR) is 118 cm³/mol. The molecule has 0 unspecified atom stereocenters. The molecule has 0 aromatic carbocycles. The minimum absolute atomic E-state index is 0.0497. The third kappa shape index (κ3) is 5.56. The molecule has 168 valence electrons. The van der Waals surface area contributed by atoms with E-state index in [0.717, 1.165) is 25.7 Å². The fraction of sp³-hybridized carbons (Fsp3) is 0.625. The Hall–Kier alpha value is -2.59. The Morgan fingerprint density at radius 3 is 2.84 bits per heavy atom. The molecule has 31 heavy (non-hydrogen) atoms. The number of pyridine rings is 1. The zero-order valence-electron chi connectivity index (χ0n) is 18.9. The summed E-state index contributed by atoms with van der Waals surface area (Å²) in [6.07, 6.45) is 4.94. The van der Waals surface area contributed by atoms with Gasteiger partial charge in [-0.25, -0.2) is 4.98 Å². The summed E-state index contributed by atoms with van der Waals surface area (Å²) < 4.78 is 6.22. The molecule has 1 saturated carbocycles. The lowest BCUT2D eigenvalue weighted by atomic mass is 9.99. The van der Waals surface area contributed by atoms with Crippen LogP contribution < -0.4 is 4.74 Å². The molecule has 7 nitrogen and oxygen atoms in total. The number of rotatable bonds is 6. The number of hydrogen-bond acceptors (Lipinski definition) is 5. The van der Waals surface area contributed by atoms with Crippen molar-refractivity contribution in [2.24, 2.45) is 11.8 Å². The van der Waals surface area contributed by atoms with E-state index in [4.69, 9.17) is 4.74 Å². The second-order valence-corrected chi connectivity index (χ2v) is 8.74. The van der Waals surface area contributed by atoms with Gasteiger partial charge in [0.05, 0.1) is 19.2 Å². The molecular weight excluding hydrogens is 394 g/mol. The Morgan fingerprint density at radius 2 is 2.19 bits per heavy atom. The van der Waals surface area contributed by atoms with E-state index >= 15 is 0 Å². The summed E-state index contributed by atoms with van der Waals surface area (Å²) in [5.74, 6) is 6.39. The van der Waals surface area contributed by atoms with E-state index in [1.165, 1.54) is 0 Å². The van der Waals surface area contributed by atoms with Crippen LogP contribution in [0.4, 0.5) is 0 Å². The number of aliphatic hydroxyl groups excluding tert-OH is 1. The van der Waals surface area contributed by atoms with Crippen molar-refractivity contribution < 1.29 is 19.4 Å². The molecule has 0 bridgehead atoms. The first-order valence-electron chi connectivity index (χ1n) is 11.2. The van der Waals surface area contributed by atoms with Gasteiger partial charge in [-0.05, 0) is 32.3 Å². The van der Waals surface area contributed by atoms with E-state index in [-0.39, 0.29) is 48.3 Å². The summed E-state index contributed by atoms with van der Waals surface area (Å²) in [6, 6.07) is 1.37. The summed E-state index contributed by atoms with van der Waals surface area (Å²) in [5.41, 5.74) is 1.00. The zero-order valence-corrected chi connectivity index (χ0v) is 18.9. The molecule has 3 rings (SSSR count). The van der Waals surface area contributed by atoms with Gasteiger partial charge in [-0.1, -0.05) is 25.7 Å². The lowest BCUT2D eigenvalue weighted by Gasteiger charge is -2.37. The molecule has 1 aromatic rings. The molecule has 2 heterocycles. The number of hydrogen-bond donors (Lipinski definition) is 1. The molecule has 0 spiro atoms. The highest BCUT2D eigenvalue weighted by molar-refractivity contribution is 5.97. The molecule has 0 radical (unpaired) electrons. The molecular formula is C24H33N3O4. The fourth-order valence-corrected chi connectivity index (χ4v) is 3.68. The van der Waals surface area contributed by atoms with Crippen LogP contribution in [-0.4, -0.2) is 70.6 Å². The van der Waals surface area contributed by atoms with Crippen LogP contribution in [-0.2, 0) is 4.79 Å². The smallest absolute Gasteiger partial charge is 0.259 e. The van der Waals surface area contributed by atoms with Crippen LogP contribution in [0.1, 0.15) is 62.4 Å². The zero-order chi connectivity index (χ0) is 22.5. The van der Waals surface area contributed by atoms with E-state index in [0.29, 0.717) is 24.2 Å². The van der Waals surface area contributed by atoms with Gasteiger partial charge >= 0.3 is 0 Å². The monoisotopic (exact) mass is 427 g/mol. The third-order valence-corrected chi connectivity index (χ3v) is 5.89. The maximum atomic E-state index is 13.3. The van der Waals surface area contributed by atoms with Crippen LogP contribution in [0.5, 0.6) is 5.88 Å². The first-order valence-corrected chi connectivity index (χ1v) is 11.2. The topological polar surface area (TPSA) is 83.0 Å². The quantitative estimate of drug-likeness (QED) is 0.705. The summed E-state index contributed by atoms with van der Waals surface area (Å²) in [4.78, 5) is 33.6. The number of amides is 2. The highest BCUT2D eigenvalue weighted by atomic mass is 16.5. The van der Waals surface area contributed by atoms with Crippen molar-refractivity contribution in [1.82, 2.24) is 14.8 Å². The van der Waals surface area contributed by atoms with Crippen molar-refractivity contribution in [2.75, 3.05) is 26.7 Å². The second-order valence-electron chi connectivity index (χ2n) is 8.74. The van der Waals surface area contributed by atoms with E-state index in [1.807, 2.05) is 13.8 Å². The Kier molecular flexibility index (Phi) is 7.55. The van der Waals surface area contributed by atoms with Crippen LogP contribution in [0.15, 0.2) is 12.3 Å². The first kappa shape index (κ1) is 23.1. The number of ether oxygens (including phenoxy) is 1. The minimum Gasteiger partial charge on any atom is -0.472 e. The van der Waals surface area contributed by atoms with Gasteiger partial charge in [-0.15, -0.1) is 0 Å². The van der Waals surface area contributed by atoms with Crippen molar-refractivity contribution >= 4 is 11.8 Å². The standard InChI is InChI=1S/C24H33N3O4/c1-5-6-7-8-18-11-20-22(25-12-18)31-21(14-26(4)23(29)19-9-10-19)16(2)13-27(24(20)30)17(3)15-28/h11-12,16-17,19,21,28H,5-6,9-10,13-15H2,1-4H3/t16-,17+,21-/m0/s1. The molecule has 1 aliphatic carbocycles. The van der Waals surface area contributed by atoms with Gasteiger partial charge in [0.25, 0.3) is 5.91 Å². The summed E-state index contributed by atoms with van der Waals surface area (Å²) >= 11 is 0. The van der Waals surface area contributed by atoms with Crippen molar-refractivity contribution in [3.05, 3.63) is 23.4 Å². The first-order chi connectivity index (χ1) is 14.8. The molecule has 1 aliphatic heterocycles. The van der Waals surface area contributed by atoms with Crippen LogP contribution >= 0.6 is 0 Å². The number of aliphatic hydroxyl groups is 1. The number of unbranched alkanes of at least 4 members (excludes halogenated alkanes) is 1. The number of likely N-dealkylation sites (N-methyl/N-ethyl adjacent to an activating group) is 1. The van der Waals surface area contributed by atoms with Gasteiger partial charge in [0.2, 0.25) is 11.8 Å². The van der Waals surface area contributed by atoms with Gasteiger partial charge in [0.1, 0.15) is 11.7 Å². The Bertz CT molecular complexity index is 871. The molecule has 1 aromatic heterocycles. The average molecular weight is 428 g/mol. The van der Waals surface area contributed by atoms with Crippen LogP contribution in [0.2, 0.25) is 0 Å². The molecule has 0 saturated heterocycles. The summed E-state index contributed by atoms with van der Waals surface area (Å²) in [6.45, 7) is 6.59. The molecule has 2 amide bonds. The number of aromatic nitrogens is 1. The SMILES string of the molecule is CCCC#Cc1cnc2c(c1)C(=O)N([C@H](C)CO)C[C@H](C)[C@H](CN(C)C(=O)C1CC1)O2. The second kappa shape index (κ2) is 10.1. The fourth-order valence-electron chi connectivity index (χ4n) is 3.68. The third-order valence-electron chi connectivity index (χ3n) is 5.89. The number of carbonyl (C=O) groups excluding carboxylic acids is 2. The molecule has 7 heteroatoms. The highest BCUT2D eigenvalue weighted by Gasteiger charge is 2.37. The summed E-state index contributed by atoms with van der Waals surface area (Å²) in [5, 5.41) is 9.74. The molecule has 2 aliphatic rings. The molecule has 3 atom stereocenters. The lowest BCUT2D eigenvalue weighted by Crippen LogP contribution is -2.50. The largest absolute Gasteiger partial charge is 0.472 e. The van der Waals surface area contributed by atoms with Crippen molar-refractivity contribution in [3.8, 4) is 17.7 Å². The molecule has 1 N–H and O–H groups in total. The van der Waals surface area contributed by atoms with Crippen molar-refractivity contribution in [1.29, 1.82) is 0 Å². The van der Waals surface area contributed by atoms with Gasteiger partial charge in [0, 0.05) is 43.6 Å². The Labute approximate surface area is 184 Å². The predicted octanol–water partition coefficient (Wildman–Crippen LogP) is 2.32. The van der Waals surface area contributed by atoms with E-state index < -0.39 is 0 Å². The van der Waals surface area contributed by atoms with E-state index in [1.54, 1.807) is 29.1 Å². The average Bonchev–Trinajstić information content (AvgIpc) is 3.61. The van der Waals surface area contributed by atoms with Gasteiger partial charge < -0.3 is 19.6 Å². The van der Waals surface area contributed by atoms with E-state index in [2.05, 4.69) is 23.7 Å². The van der Waals surface area contributed by atoms with Crippen LogP contribution in [0.25, 0.3) is 0 Å². The Balaban J connectivity index is 1.93. The summed E-state index contributed by atoms with van der Waals surface area (Å²) in [7, 11) is 1.80. The number of fused-ring (bicyclic) bond motifs is 1. The number of carbonyl (C=O) groups is 2. The van der Waals surface area contributed by atoms with E-state index in [9.17, 15) is 14.7 Å². The minimum atomic E-state index is -0.345. The Morgan fingerprint density at radius 1 is 1.45 bits per heavy atom. The van der Waals surface area contributed by atoms with Gasteiger partial charge in [0.15, 0.2) is 0 Å². The van der Waals surface area contributed by atoms with Crippen LogP contribution in [0.3, 0.4) is 0 Å². The highest BCUT2D eigenvalue weighted by Crippen LogP contribution is 2.32. The lowest BCUT2D eigenvalue weighted by molar-refractivity contribution is -0.132. The van der Waals surface area contributed by atoms with Gasteiger partial charge in [-0.3, -0.25) is 9.59 Å². The van der Waals surface area contributed by atoms with Crippen molar-refractivity contribution in [2.45, 2.75) is 58.6 Å².